The first-order chi connectivity index (χ1) is 14.5. The Hall–Kier alpha value is -3.02. The van der Waals surface area contributed by atoms with Crippen LogP contribution in [0.15, 0.2) is 67.0 Å². The highest BCUT2D eigenvalue weighted by Crippen LogP contribution is 2.32. The molecule has 0 atom stereocenters. The fraction of sp³-hybridized carbons (Fsp3) is 0.130. The standard InChI is InChI=1S/C23H18Cl2N4O/c1-15-4-7-17(8-5-15)29-22(27-10-2-3-11-27)19-13-28(14-21(19)26-29)23(30)18-12-16(24)6-9-20(18)25/h2-12H,13-14H2,1H3. The van der Waals surface area contributed by atoms with Crippen molar-refractivity contribution >= 4 is 29.1 Å². The van der Waals surface area contributed by atoms with Crippen molar-refractivity contribution in [3.8, 4) is 11.5 Å². The largest absolute Gasteiger partial charge is 0.328 e. The minimum atomic E-state index is -0.152. The quantitative estimate of drug-likeness (QED) is 0.429. The van der Waals surface area contributed by atoms with Crippen LogP contribution in [0.25, 0.3) is 11.5 Å². The summed E-state index contributed by atoms with van der Waals surface area (Å²) in [5.74, 6) is 0.784. The number of benzene rings is 2. The van der Waals surface area contributed by atoms with E-state index in [1.54, 1.807) is 23.1 Å². The topological polar surface area (TPSA) is 43.1 Å². The molecule has 0 bridgehead atoms. The zero-order valence-electron chi connectivity index (χ0n) is 16.2. The summed E-state index contributed by atoms with van der Waals surface area (Å²) in [5.41, 5.74) is 4.48. The summed E-state index contributed by atoms with van der Waals surface area (Å²) in [7, 11) is 0. The zero-order chi connectivity index (χ0) is 20.8. The Morgan fingerprint density at radius 2 is 1.73 bits per heavy atom. The summed E-state index contributed by atoms with van der Waals surface area (Å²) in [6.07, 6.45) is 3.97. The molecular weight excluding hydrogens is 419 g/mol. The Bertz CT molecular complexity index is 1240. The number of halogens is 2. The molecule has 2 aromatic heterocycles. The molecule has 1 amide bonds. The second-order valence-electron chi connectivity index (χ2n) is 7.37. The third-order valence-electron chi connectivity index (χ3n) is 5.30. The predicted molar refractivity (Wildman–Crippen MR) is 118 cm³/mol. The lowest BCUT2D eigenvalue weighted by Gasteiger charge is -2.18. The van der Waals surface area contributed by atoms with E-state index in [4.69, 9.17) is 28.3 Å². The Labute approximate surface area is 184 Å². The van der Waals surface area contributed by atoms with Gasteiger partial charge < -0.3 is 9.47 Å². The second kappa shape index (κ2) is 7.35. The van der Waals surface area contributed by atoms with Gasteiger partial charge >= 0.3 is 0 Å². The molecule has 0 radical (unpaired) electrons. The van der Waals surface area contributed by atoms with Crippen LogP contribution in [0.3, 0.4) is 0 Å². The average Bonchev–Trinajstić information content (AvgIpc) is 3.45. The average molecular weight is 437 g/mol. The maximum atomic E-state index is 13.1. The lowest BCUT2D eigenvalue weighted by Crippen LogP contribution is -2.26. The Kier molecular flexibility index (Phi) is 4.65. The van der Waals surface area contributed by atoms with Crippen LogP contribution in [0.5, 0.6) is 0 Å². The van der Waals surface area contributed by atoms with Crippen LogP contribution in [0.1, 0.15) is 27.2 Å². The number of amides is 1. The van der Waals surface area contributed by atoms with E-state index in [0.717, 1.165) is 22.8 Å². The van der Waals surface area contributed by atoms with Gasteiger partial charge in [0.15, 0.2) is 0 Å². The number of carbonyl (C=O) groups excluding carboxylic acids is 1. The summed E-state index contributed by atoms with van der Waals surface area (Å²) in [4.78, 5) is 14.9. The number of carbonyl (C=O) groups is 1. The molecule has 0 fully saturated rings. The molecule has 3 heterocycles. The van der Waals surface area contributed by atoms with Crippen molar-refractivity contribution < 1.29 is 4.79 Å². The molecular formula is C23H18Cl2N4O. The van der Waals surface area contributed by atoms with Crippen LogP contribution in [0.2, 0.25) is 10.0 Å². The van der Waals surface area contributed by atoms with Crippen LogP contribution >= 0.6 is 23.2 Å². The summed E-state index contributed by atoms with van der Waals surface area (Å²) in [6.45, 7) is 2.94. The Morgan fingerprint density at radius 1 is 1.00 bits per heavy atom. The zero-order valence-corrected chi connectivity index (χ0v) is 17.7. The molecule has 1 aliphatic rings. The van der Waals surface area contributed by atoms with Crippen molar-refractivity contribution in [2.45, 2.75) is 20.0 Å². The smallest absolute Gasteiger partial charge is 0.256 e. The minimum Gasteiger partial charge on any atom is -0.328 e. The lowest BCUT2D eigenvalue weighted by molar-refractivity contribution is 0.0749. The number of hydrogen-bond acceptors (Lipinski definition) is 2. The van der Waals surface area contributed by atoms with Crippen molar-refractivity contribution in [3.63, 3.8) is 0 Å². The number of nitrogens with zero attached hydrogens (tertiary/aromatic N) is 4. The summed E-state index contributed by atoms with van der Waals surface area (Å²) in [6, 6.07) is 17.1. The number of hydrogen-bond donors (Lipinski definition) is 0. The molecule has 150 valence electrons. The van der Waals surface area contributed by atoms with Gasteiger partial charge in [0.25, 0.3) is 5.91 Å². The van der Waals surface area contributed by atoms with Gasteiger partial charge in [-0.15, -0.1) is 0 Å². The maximum Gasteiger partial charge on any atom is 0.256 e. The molecule has 30 heavy (non-hydrogen) atoms. The van der Waals surface area contributed by atoms with E-state index in [0.29, 0.717) is 28.7 Å². The van der Waals surface area contributed by atoms with Gasteiger partial charge in [-0.1, -0.05) is 40.9 Å². The summed E-state index contributed by atoms with van der Waals surface area (Å²) in [5, 5.41) is 5.73. The normalized spacial score (nSPS) is 13.0. The van der Waals surface area contributed by atoms with Gasteiger partial charge in [0.2, 0.25) is 0 Å². The highest BCUT2D eigenvalue weighted by Gasteiger charge is 2.32. The van der Waals surface area contributed by atoms with Crippen molar-refractivity contribution in [1.29, 1.82) is 0 Å². The first kappa shape index (κ1) is 19.0. The molecule has 0 saturated heterocycles. The number of rotatable bonds is 3. The van der Waals surface area contributed by atoms with Gasteiger partial charge in [-0.05, 0) is 49.4 Å². The molecule has 0 spiro atoms. The van der Waals surface area contributed by atoms with Crippen molar-refractivity contribution in [2.24, 2.45) is 0 Å². The monoisotopic (exact) mass is 436 g/mol. The van der Waals surface area contributed by atoms with E-state index in [1.165, 1.54) is 5.56 Å². The highest BCUT2D eigenvalue weighted by atomic mass is 35.5. The first-order valence-corrected chi connectivity index (χ1v) is 10.3. The van der Waals surface area contributed by atoms with E-state index in [1.807, 2.05) is 33.8 Å². The molecule has 2 aromatic carbocycles. The van der Waals surface area contributed by atoms with Crippen molar-refractivity contribution in [1.82, 2.24) is 19.2 Å². The Morgan fingerprint density at radius 3 is 2.47 bits per heavy atom. The van der Waals surface area contributed by atoms with E-state index in [-0.39, 0.29) is 5.91 Å². The van der Waals surface area contributed by atoms with Gasteiger partial charge in [-0.25, -0.2) is 4.68 Å². The summed E-state index contributed by atoms with van der Waals surface area (Å²) < 4.78 is 3.98. The minimum absolute atomic E-state index is 0.152. The van der Waals surface area contributed by atoms with Crippen LogP contribution in [0, 0.1) is 6.92 Å². The van der Waals surface area contributed by atoms with E-state index >= 15 is 0 Å². The van der Waals surface area contributed by atoms with Crippen molar-refractivity contribution in [2.75, 3.05) is 0 Å². The third kappa shape index (κ3) is 3.20. The molecule has 1 aliphatic heterocycles. The maximum absolute atomic E-state index is 13.1. The SMILES string of the molecule is Cc1ccc(-n2nc3c(c2-n2cccc2)CN(C(=O)c2cc(Cl)ccc2Cl)C3)cc1. The molecule has 0 unspecified atom stereocenters. The number of aryl methyl sites for hydroxylation is 1. The fourth-order valence-corrected chi connectivity index (χ4v) is 4.15. The van der Waals surface area contributed by atoms with Crippen LogP contribution in [-0.4, -0.2) is 25.2 Å². The van der Waals surface area contributed by atoms with Crippen molar-refractivity contribution in [3.05, 3.63) is 99.4 Å². The molecule has 5 rings (SSSR count). The van der Waals surface area contributed by atoms with Gasteiger partial charge in [0.05, 0.1) is 35.1 Å². The highest BCUT2D eigenvalue weighted by molar-refractivity contribution is 6.35. The number of fused-ring (bicyclic) bond motifs is 1. The Balaban J connectivity index is 1.55. The molecule has 7 heteroatoms. The van der Waals surface area contributed by atoms with Crippen LogP contribution < -0.4 is 0 Å². The third-order valence-corrected chi connectivity index (χ3v) is 5.87. The van der Waals surface area contributed by atoms with Crippen LogP contribution in [0.4, 0.5) is 0 Å². The fourth-order valence-electron chi connectivity index (χ4n) is 3.78. The van der Waals surface area contributed by atoms with Crippen LogP contribution in [-0.2, 0) is 13.1 Å². The molecule has 5 nitrogen and oxygen atoms in total. The van der Waals surface area contributed by atoms with Gasteiger partial charge in [0.1, 0.15) is 5.82 Å². The lowest BCUT2D eigenvalue weighted by atomic mass is 10.2. The first-order valence-electron chi connectivity index (χ1n) is 9.57. The second-order valence-corrected chi connectivity index (χ2v) is 8.22. The van der Waals surface area contributed by atoms with Gasteiger partial charge in [0, 0.05) is 23.0 Å². The summed E-state index contributed by atoms with van der Waals surface area (Å²) >= 11 is 12.3. The van der Waals surface area contributed by atoms with E-state index < -0.39 is 0 Å². The molecule has 0 N–H and O–H groups in total. The predicted octanol–water partition coefficient (Wildman–Crippen LogP) is 5.43. The molecule has 4 aromatic rings. The molecule has 0 aliphatic carbocycles. The van der Waals surface area contributed by atoms with Gasteiger partial charge in [-0.2, -0.15) is 5.10 Å². The molecule has 0 saturated carbocycles. The number of aromatic nitrogens is 3. The van der Waals surface area contributed by atoms with E-state index in [2.05, 4.69) is 31.2 Å². The van der Waals surface area contributed by atoms with E-state index in [9.17, 15) is 4.79 Å². The van der Waals surface area contributed by atoms with Gasteiger partial charge in [-0.3, -0.25) is 4.79 Å².